The zero-order valence-electron chi connectivity index (χ0n) is 7.81. The zero-order chi connectivity index (χ0) is 10.4. The molecular formula is C10H14N2O2. The third-order valence-corrected chi connectivity index (χ3v) is 1.76. The lowest BCUT2D eigenvalue weighted by Crippen LogP contribution is -2.29. The molecule has 0 heterocycles. The van der Waals surface area contributed by atoms with Gasteiger partial charge in [0, 0.05) is 6.42 Å². The number of amidine groups is 1. The van der Waals surface area contributed by atoms with Gasteiger partial charge in [-0.25, -0.2) is 0 Å². The average molecular weight is 194 g/mol. The van der Waals surface area contributed by atoms with Crippen molar-refractivity contribution in [3.8, 4) is 5.75 Å². The third-order valence-electron chi connectivity index (χ3n) is 1.76. The third kappa shape index (κ3) is 3.45. The van der Waals surface area contributed by atoms with Gasteiger partial charge in [0.05, 0.1) is 6.61 Å². The van der Waals surface area contributed by atoms with E-state index in [0.29, 0.717) is 13.0 Å². The molecule has 0 radical (unpaired) electrons. The number of aliphatic hydroxyl groups excluding tert-OH is 1. The molecule has 0 aromatic heterocycles. The Kier molecular flexibility index (Phi) is 3.94. The van der Waals surface area contributed by atoms with Gasteiger partial charge in [-0.15, -0.1) is 0 Å². The van der Waals surface area contributed by atoms with Crippen molar-refractivity contribution in [3.05, 3.63) is 30.3 Å². The molecule has 0 spiro atoms. The zero-order valence-corrected chi connectivity index (χ0v) is 7.81. The first-order valence-electron chi connectivity index (χ1n) is 4.40. The summed E-state index contributed by atoms with van der Waals surface area (Å²) in [5.74, 6) is 0.532. The fourth-order valence-electron chi connectivity index (χ4n) is 0.961. The molecule has 0 fully saturated rings. The predicted octanol–water partition coefficient (Wildman–Crippen LogP) is 0.752. The number of hydrogen-bond acceptors (Lipinski definition) is 3. The second kappa shape index (κ2) is 5.24. The summed E-state index contributed by atoms with van der Waals surface area (Å²) >= 11 is 0. The molecule has 0 aliphatic rings. The second-order valence-corrected chi connectivity index (χ2v) is 2.92. The van der Waals surface area contributed by atoms with Crippen LogP contribution in [0.4, 0.5) is 0 Å². The quantitative estimate of drug-likeness (QED) is 0.478. The van der Waals surface area contributed by atoms with Crippen molar-refractivity contribution in [1.82, 2.24) is 0 Å². The van der Waals surface area contributed by atoms with Gasteiger partial charge in [-0.1, -0.05) is 18.2 Å². The van der Waals surface area contributed by atoms with E-state index in [1.807, 2.05) is 30.3 Å². The Bertz CT molecular complexity index is 287. The lowest BCUT2D eigenvalue weighted by atomic mass is 10.2. The molecule has 4 nitrogen and oxygen atoms in total. The van der Waals surface area contributed by atoms with E-state index in [9.17, 15) is 5.11 Å². The van der Waals surface area contributed by atoms with Crippen LogP contribution in [-0.4, -0.2) is 23.7 Å². The van der Waals surface area contributed by atoms with Crippen molar-refractivity contribution in [1.29, 1.82) is 5.41 Å². The molecule has 0 aliphatic carbocycles. The normalized spacial score (nSPS) is 12.1. The van der Waals surface area contributed by atoms with Gasteiger partial charge in [0.15, 0.2) is 0 Å². The molecule has 0 saturated carbocycles. The Morgan fingerprint density at radius 3 is 2.64 bits per heavy atom. The van der Waals surface area contributed by atoms with Crippen LogP contribution in [0.1, 0.15) is 6.42 Å². The van der Waals surface area contributed by atoms with Gasteiger partial charge in [0.1, 0.15) is 17.7 Å². The molecule has 4 heteroatoms. The minimum Gasteiger partial charge on any atom is -0.493 e. The van der Waals surface area contributed by atoms with Crippen molar-refractivity contribution in [2.45, 2.75) is 12.5 Å². The lowest BCUT2D eigenvalue weighted by molar-refractivity contribution is 0.191. The predicted molar refractivity (Wildman–Crippen MR) is 54.5 cm³/mol. The van der Waals surface area contributed by atoms with Crippen LogP contribution in [0, 0.1) is 5.41 Å². The molecule has 0 bridgehead atoms. The molecule has 1 aromatic rings. The molecular weight excluding hydrogens is 180 g/mol. The molecule has 1 rings (SSSR count). The van der Waals surface area contributed by atoms with E-state index in [0.717, 1.165) is 5.75 Å². The number of rotatable bonds is 5. The van der Waals surface area contributed by atoms with Crippen molar-refractivity contribution in [2.75, 3.05) is 6.61 Å². The van der Waals surface area contributed by atoms with Crippen molar-refractivity contribution in [3.63, 3.8) is 0 Å². The maximum atomic E-state index is 9.17. The molecule has 0 aliphatic heterocycles. The van der Waals surface area contributed by atoms with E-state index >= 15 is 0 Å². The highest BCUT2D eigenvalue weighted by molar-refractivity contribution is 5.81. The Morgan fingerprint density at radius 2 is 2.07 bits per heavy atom. The Morgan fingerprint density at radius 1 is 1.43 bits per heavy atom. The minimum absolute atomic E-state index is 0.221. The highest BCUT2D eigenvalue weighted by Crippen LogP contribution is 2.08. The number of para-hydroxylation sites is 1. The molecule has 0 amide bonds. The van der Waals surface area contributed by atoms with Crippen LogP contribution in [0.5, 0.6) is 5.75 Å². The summed E-state index contributed by atoms with van der Waals surface area (Å²) in [5.41, 5.74) is 5.09. The molecule has 14 heavy (non-hydrogen) atoms. The smallest absolute Gasteiger partial charge is 0.120 e. The van der Waals surface area contributed by atoms with Crippen LogP contribution < -0.4 is 10.5 Å². The fraction of sp³-hybridized carbons (Fsp3) is 0.300. The number of nitrogens with one attached hydrogen (secondary N) is 1. The summed E-state index contributed by atoms with van der Waals surface area (Å²) < 4.78 is 5.31. The molecule has 0 saturated heterocycles. The Labute approximate surface area is 82.8 Å². The first kappa shape index (κ1) is 10.5. The summed E-state index contributed by atoms with van der Waals surface area (Å²) in [5, 5.41) is 16.1. The van der Waals surface area contributed by atoms with Crippen LogP contribution in [-0.2, 0) is 0 Å². The summed E-state index contributed by atoms with van der Waals surface area (Å²) in [6.07, 6.45) is -0.566. The number of benzene rings is 1. The van der Waals surface area contributed by atoms with E-state index in [-0.39, 0.29) is 5.84 Å². The van der Waals surface area contributed by atoms with Gasteiger partial charge in [-0.2, -0.15) is 0 Å². The molecule has 1 aromatic carbocycles. The van der Waals surface area contributed by atoms with Crippen molar-refractivity contribution >= 4 is 5.84 Å². The number of nitrogens with two attached hydrogens (primary N) is 1. The Balaban J connectivity index is 2.26. The van der Waals surface area contributed by atoms with Crippen LogP contribution in [0.15, 0.2) is 30.3 Å². The first-order chi connectivity index (χ1) is 6.70. The van der Waals surface area contributed by atoms with Gasteiger partial charge in [0.2, 0.25) is 0 Å². The molecule has 4 N–H and O–H groups in total. The van der Waals surface area contributed by atoms with Gasteiger partial charge >= 0.3 is 0 Å². The van der Waals surface area contributed by atoms with Crippen LogP contribution in [0.3, 0.4) is 0 Å². The largest absolute Gasteiger partial charge is 0.493 e. The SMILES string of the molecule is N=C(N)C(O)CCOc1ccccc1. The van der Waals surface area contributed by atoms with Crippen molar-refractivity contribution in [2.24, 2.45) is 5.73 Å². The van der Waals surface area contributed by atoms with E-state index in [1.165, 1.54) is 0 Å². The standard InChI is InChI=1S/C10H14N2O2/c11-10(12)9(13)6-7-14-8-4-2-1-3-5-8/h1-5,9,13H,6-7H2,(H3,11,12). The number of hydrogen-bond donors (Lipinski definition) is 3. The summed E-state index contributed by atoms with van der Waals surface area (Å²) in [6.45, 7) is 0.352. The van der Waals surface area contributed by atoms with Crippen LogP contribution in [0.2, 0.25) is 0 Å². The highest BCUT2D eigenvalue weighted by Gasteiger charge is 2.06. The van der Waals surface area contributed by atoms with Gasteiger partial charge in [-0.05, 0) is 12.1 Å². The summed E-state index contributed by atoms with van der Waals surface area (Å²) in [6, 6.07) is 9.31. The monoisotopic (exact) mass is 194 g/mol. The van der Waals surface area contributed by atoms with Crippen LogP contribution in [0.25, 0.3) is 0 Å². The van der Waals surface area contributed by atoms with Gasteiger partial charge in [0.25, 0.3) is 0 Å². The molecule has 1 unspecified atom stereocenters. The van der Waals surface area contributed by atoms with Crippen molar-refractivity contribution < 1.29 is 9.84 Å². The summed E-state index contributed by atoms with van der Waals surface area (Å²) in [7, 11) is 0. The molecule has 76 valence electrons. The summed E-state index contributed by atoms with van der Waals surface area (Å²) in [4.78, 5) is 0. The second-order valence-electron chi connectivity index (χ2n) is 2.92. The van der Waals surface area contributed by atoms with Gasteiger partial charge < -0.3 is 15.6 Å². The average Bonchev–Trinajstić information content (AvgIpc) is 2.19. The van der Waals surface area contributed by atoms with Gasteiger partial charge in [-0.3, -0.25) is 5.41 Å². The first-order valence-corrected chi connectivity index (χ1v) is 4.40. The van der Waals surface area contributed by atoms with E-state index in [1.54, 1.807) is 0 Å². The van der Waals surface area contributed by atoms with E-state index < -0.39 is 6.10 Å². The maximum absolute atomic E-state index is 9.17. The number of ether oxygens (including phenoxy) is 1. The van der Waals surface area contributed by atoms with E-state index in [4.69, 9.17) is 15.9 Å². The molecule has 1 atom stereocenters. The van der Waals surface area contributed by atoms with E-state index in [2.05, 4.69) is 0 Å². The topological polar surface area (TPSA) is 79.3 Å². The minimum atomic E-state index is -0.904. The number of aliphatic hydroxyl groups is 1. The van der Waals surface area contributed by atoms with Crippen LogP contribution >= 0.6 is 0 Å². The highest BCUT2D eigenvalue weighted by atomic mass is 16.5. The lowest BCUT2D eigenvalue weighted by Gasteiger charge is -2.09. The fourth-order valence-corrected chi connectivity index (χ4v) is 0.961. The maximum Gasteiger partial charge on any atom is 0.120 e. The Hall–Kier alpha value is -1.55.